The first-order valence-corrected chi connectivity index (χ1v) is 9.97. The van der Waals surface area contributed by atoms with Crippen molar-refractivity contribution in [1.29, 1.82) is 0 Å². The molecule has 148 valence electrons. The van der Waals surface area contributed by atoms with E-state index in [1.165, 1.54) is 18.9 Å². The fourth-order valence-electron chi connectivity index (χ4n) is 3.05. The predicted molar refractivity (Wildman–Crippen MR) is 108 cm³/mol. The standard InChI is InChI=1S/C19H23N5O3S/c1-11(2)9-13(18(26)27-4)20-15(25)10-28-19-21-17-16(22-23-19)12-7-5-6-8-14(12)24(17)3/h5-8,11,13H,9-10H2,1-4H3,(H,20,25). The van der Waals surface area contributed by atoms with Gasteiger partial charge in [0.05, 0.1) is 18.4 Å². The van der Waals surface area contributed by atoms with Crippen LogP contribution in [-0.4, -0.2) is 50.5 Å². The second-order valence-corrected chi connectivity index (χ2v) is 7.85. The summed E-state index contributed by atoms with van der Waals surface area (Å²) < 4.78 is 6.73. The van der Waals surface area contributed by atoms with E-state index < -0.39 is 12.0 Å². The van der Waals surface area contributed by atoms with Crippen molar-refractivity contribution in [3.05, 3.63) is 24.3 Å². The molecule has 0 bridgehead atoms. The largest absolute Gasteiger partial charge is 0.467 e. The van der Waals surface area contributed by atoms with Gasteiger partial charge in [-0.1, -0.05) is 43.8 Å². The van der Waals surface area contributed by atoms with Crippen LogP contribution in [0.1, 0.15) is 20.3 Å². The molecular formula is C19H23N5O3S. The Hall–Kier alpha value is -2.68. The number of ether oxygens (including phenoxy) is 1. The molecule has 0 radical (unpaired) electrons. The molecular weight excluding hydrogens is 378 g/mol. The molecule has 0 spiro atoms. The van der Waals surface area contributed by atoms with E-state index in [0.29, 0.717) is 17.2 Å². The van der Waals surface area contributed by atoms with Gasteiger partial charge in [-0.05, 0) is 18.4 Å². The van der Waals surface area contributed by atoms with E-state index in [-0.39, 0.29) is 17.6 Å². The minimum Gasteiger partial charge on any atom is -0.467 e. The van der Waals surface area contributed by atoms with Crippen LogP contribution in [0.3, 0.4) is 0 Å². The van der Waals surface area contributed by atoms with E-state index in [4.69, 9.17) is 4.74 Å². The lowest BCUT2D eigenvalue weighted by Gasteiger charge is -2.18. The smallest absolute Gasteiger partial charge is 0.328 e. The molecule has 1 amide bonds. The number of carbonyl (C=O) groups excluding carboxylic acids is 2. The lowest BCUT2D eigenvalue weighted by molar-refractivity contribution is -0.145. The Morgan fingerprint density at radius 3 is 2.71 bits per heavy atom. The Labute approximate surface area is 167 Å². The van der Waals surface area contributed by atoms with Crippen molar-refractivity contribution in [2.75, 3.05) is 12.9 Å². The molecule has 0 aliphatic carbocycles. The minimum absolute atomic E-state index is 0.0860. The summed E-state index contributed by atoms with van der Waals surface area (Å²) in [5, 5.41) is 12.6. The van der Waals surface area contributed by atoms with E-state index >= 15 is 0 Å². The zero-order chi connectivity index (χ0) is 20.3. The Morgan fingerprint density at radius 1 is 1.25 bits per heavy atom. The number of amides is 1. The van der Waals surface area contributed by atoms with Crippen LogP contribution in [0.25, 0.3) is 22.1 Å². The average Bonchev–Trinajstić information content (AvgIpc) is 2.97. The van der Waals surface area contributed by atoms with Gasteiger partial charge in [0.1, 0.15) is 11.6 Å². The lowest BCUT2D eigenvalue weighted by atomic mass is 10.0. The highest BCUT2D eigenvalue weighted by atomic mass is 32.2. The maximum Gasteiger partial charge on any atom is 0.328 e. The first-order valence-electron chi connectivity index (χ1n) is 8.98. The Balaban J connectivity index is 1.70. The number of hydrogen-bond acceptors (Lipinski definition) is 7. The number of hydrogen-bond donors (Lipinski definition) is 1. The quantitative estimate of drug-likeness (QED) is 0.479. The van der Waals surface area contributed by atoms with Crippen LogP contribution in [0.5, 0.6) is 0 Å². The Morgan fingerprint density at radius 2 is 2.00 bits per heavy atom. The highest BCUT2D eigenvalue weighted by molar-refractivity contribution is 7.99. The number of rotatable bonds is 7. The number of thioether (sulfide) groups is 1. The molecule has 0 aliphatic heterocycles. The summed E-state index contributed by atoms with van der Waals surface area (Å²) >= 11 is 1.18. The summed E-state index contributed by atoms with van der Waals surface area (Å²) in [7, 11) is 3.24. The van der Waals surface area contributed by atoms with Crippen molar-refractivity contribution in [2.45, 2.75) is 31.5 Å². The van der Waals surface area contributed by atoms with Crippen molar-refractivity contribution >= 4 is 45.7 Å². The molecule has 0 saturated carbocycles. The van der Waals surface area contributed by atoms with E-state index in [0.717, 1.165) is 16.4 Å². The summed E-state index contributed by atoms with van der Waals surface area (Å²) in [6.45, 7) is 3.96. The van der Waals surface area contributed by atoms with Gasteiger partial charge < -0.3 is 14.6 Å². The van der Waals surface area contributed by atoms with E-state index in [9.17, 15) is 9.59 Å². The summed E-state index contributed by atoms with van der Waals surface area (Å²) in [6, 6.07) is 7.24. The molecule has 3 rings (SSSR count). The number of esters is 1. The Kier molecular flexibility index (Phi) is 6.13. The predicted octanol–water partition coefficient (Wildman–Crippen LogP) is 2.31. The van der Waals surface area contributed by atoms with Gasteiger partial charge in [0.15, 0.2) is 5.65 Å². The number of nitrogens with one attached hydrogen (secondary N) is 1. The summed E-state index contributed by atoms with van der Waals surface area (Å²) in [5.41, 5.74) is 2.47. The third-order valence-electron chi connectivity index (χ3n) is 4.35. The third kappa shape index (κ3) is 4.24. The lowest BCUT2D eigenvalue weighted by Crippen LogP contribution is -2.43. The summed E-state index contributed by atoms with van der Waals surface area (Å²) in [4.78, 5) is 28.7. The number of benzene rings is 1. The Bertz CT molecular complexity index is 1020. The van der Waals surface area contributed by atoms with E-state index in [1.54, 1.807) is 0 Å². The van der Waals surface area contributed by atoms with Crippen LogP contribution in [-0.2, 0) is 21.4 Å². The number of methoxy groups -OCH3 is 1. The molecule has 9 heteroatoms. The van der Waals surface area contributed by atoms with Crippen molar-refractivity contribution in [2.24, 2.45) is 13.0 Å². The minimum atomic E-state index is -0.655. The van der Waals surface area contributed by atoms with Crippen molar-refractivity contribution in [3.63, 3.8) is 0 Å². The second-order valence-electron chi connectivity index (χ2n) is 6.90. The fraction of sp³-hybridized carbons (Fsp3) is 0.421. The molecule has 2 aromatic heterocycles. The number of fused-ring (bicyclic) bond motifs is 3. The van der Waals surface area contributed by atoms with Gasteiger partial charge in [0.25, 0.3) is 0 Å². The maximum absolute atomic E-state index is 12.3. The SMILES string of the molecule is COC(=O)C(CC(C)C)NC(=O)CSc1nnc2c3ccccc3n(C)c2n1. The molecule has 3 aromatic rings. The van der Waals surface area contributed by atoms with Gasteiger partial charge in [0, 0.05) is 12.4 Å². The van der Waals surface area contributed by atoms with Crippen LogP contribution in [0.4, 0.5) is 0 Å². The van der Waals surface area contributed by atoms with Crippen molar-refractivity contribution in [1.82, 2.24) is 25.1 Å². The van der Waals surface area contributed by atoms with Crippen molar-refractivity contribution in [3.8, 4) is 0 Å². The van der Waals surface area contributed by atoms with Crippen LogP contribution in [0.2, 0.25) is 0 Å². The normalized spacial score (nSPS) is 12.5. The van der Waals surface area contributed by atoms with Crippen LogP contribution < -0.4 is 5.32 Å². The van der Waals surface area contributed by atoms with Gasteiger partial charge in [0.2, 0.25) is 11.1 Å². The molecule has 0 fully saturated rings. The summed E-state index contributed by atoms with van der Waals surface area (Å²) in [6.07, 6.45) is 0.517. The van der Waals surface area contributed by atoms with E-state index in [2.05, 4.69) is 20.5 Å². The third-order valence-corrected chi connectivity index (χ3v) is 5.19. The number of aryl methyl sites for hydroxylation is 1. The maximum atomic E-state index is 12.3. The van der Waals surface area contributed by atoms with Crippen molar-refractivity contribution < 1.29 is 14.3 Å². The van der Waals surface area contributed by atoms with Crippen LogP contribution in [0, 0.1) is 5.92 Å². The fourth-order valence-corrected chi connectivity index (χ4v) is 3.64. The number of aromatic nitrogens is 4. The monoisotopic (exact) mass is 401 g/mol. The van der Waals surface area contributed by atoms with Crippen LogP contribution in [0.15, 0.2) is 29.4 Å². The second kappa shape index (κ2) is 8.55. The number of carbonyl (C=O) groups is 2. The van der Waals surface area contributed by atoms with Gasteiger partial charge in [-0.3, -0.25) is 4.79 Å². The van der Waals surface area contributed by atoms with Crippen LogP contribution >= 0.6 is 11.8 Å². The zero-order valence-electron chi connectivity index (χ0n) is 16.3. The van der Waals surface area contributed by atoms with Gasteiger partial charge in [-0.2, -0.15) is 0 Å². The first kappa shape index (κ1) is 20.1. The molecule has 0 aliphatic rings. The number of nitrogens with zero attached hydrogens (tertiary/aromatic N) is 4. The molecule has 2 heterocycles. The van der Waals surface area contributed by atoms with Gasteiger partial charge in [-0.15, -0.1) is 10.2 Å². The van der Waals surface area contributed by atoms with Gasteiger partial charge in [-0.25, -0.2) is 9.78 Å². The molecule has 8 nitrogen and oxygen atoms in total. The topological polar surface area (TPSA) is 99.0 Å². The molecule has 1 unspecified atom stereocenters. The zero-order valence-corrected chi connectivity index (χ0v) is 17.1. The first-order chi connectivity index (χ1) is 13.4. The highest BCUT2D eigenvalue weighted by Gasteiger charge is 2.23. The molecule has 1 atom stereocenters. The highest BCUT2D eigenvalue weighted by Crippen LogP contribution is 2.25. The molecule has 1 N–H and O–H groups in total. The van der Waals surface area contributed by atoms with Gasteiger partial charge >= 0.3 is 5.97 Å². The average molecular weight is 401 g/mol. The molecule has 28 heavy (non-hydrogen) atoms. The molecule has 0 saturated heterocycles. The number of para-hydroxylation sites is 1. The van der Waals surface area contributed by atoms with E-state index in [1.807, 2.05) is 49.7 Å². The summed E-state index contributed by atoms with van der Waals surface area (Å²) in [5.74, 6) is -0.384. The molecule has 1 aromatic carbocycles.